The number of rotatable bonds is 4. The molecule has 148 valence electrons. The summed E-state index contributed by atoms with van der Waals surface area (Å²) in [6.07, 6.45) is 4.31. The molecule has 2 aliphatic heterocycles. The van der Waals surface area contributed by atoms with Crippen LogP contribution >= 0.6 is 0 Å². The number of amides is 1. The lowest BCUT2D eigenvalue weighted by Crippen LogP contribution is -2.36. The van der Waals surface area contributed by atoms with E-state index in [-0.39, 0.29) is 11.9 Å². The standard InChI is InChI=1S/C23H24N4O2/c1-2-16-13-22(28)27(19-7-8-20-21(14-19)25-15-24-20)23(16)17-3-5-18(6-4-17)26-9-11-29-12-10-26/h3-8,13-15,23H,2,9-12H2,1H3,(H,24,25). The van der Waals surface area contributed by atoms with E-state index in [1.807, 2.05) is 23.1 Å². The minimum Gasteiger partial charge on any atom is -0.378 e. The zero-order valence-electron chi connectivity index (χ0n) is 16.5. The maximum Gasteiger partial charge on any atom is 0.251 e. The number of aromatic amines is 1. The van der Waals surface area contributed by atoms with Crippen molar-refractivity contribution in [3.8, 4) is 0 Å². The predicted molar refractivity (Wildman–Crippen MR) is 114 cm³/mol. The summed E-state index contributed by atoms with van der Waals surface area (Å²) < 4.78 is 5.45. The molecule has 0 bridgehead atoms. The average Bonchev–Trinajstić information content (AvgIpc) is 3.37. The monoisotopic (exact) mass is 388 g/mol. The number of carbonyl (C=O) groups excluding carboxylic acids is 1. The topological polar surface area (TPSA) is 61.5 Å². The highest BCUT2D eigenvalue weighted by Gasteiger charge is 2.34. The van der Waals surface area contributed by atoms with E-state index in [1.165, 1.54) is 5.69 Å². The van der Waals surface area contributed by atoms with E-state index >= 15 is 0 Å². The van der Waals surface area contributed by atoms with E-state index in [4.69, 9.17) is 4.74 Å². The lowest BCUT2D eigenvalue weighted by molar-refractivity contribution is -0.113. The van der Waals surface area contributed by atoms with Gasteiger partial charge in [-0.15, -0.1) is 0 Å². The van der Waals surface area contributed by atoms with Gasteiger partial charge in [-0.05, 0) is 47.9 Å². The van der Waals surface area contributed by atoms with Crippen LogP contribution in [0.3, 0.4) is 0 Å². The molecule has 1 atom stereocenters. The number of ether oxygens (including phenoxy) is 1. The Balaban J connectivity index is 1.49. The van der Waals surface area contributed by atoms with Crippen molar-refractivity contribution >= 4 is 28.3 Å². The van der Waals surface area contributed by atoms with Gasteiger partial charge in [-0.1, -0.05) is 19.1 Å². The van der Waals surface area contributed by atoms with Crippen LogP contribution in [0.1, 0.15) is 24.9 Å². The van der Waals surface area contributed by atoms with Crippen LogP contribution in [-0.2, 0) is 9.53 Å². The lowest BCUT2D eigenvalue weighted by atomic mass is 9.97. The summed E-state index contributed by atoms with van der Waals surface area (Å²) in [6, 6.07) is 14.5. The molecule has 2 aliphatic rings. The second kappa shape index (κ2) is 7.37. The van der Waals surface area contributed by atoms with E-state index in [0.717, 1.165) is 60.6 Å². The van der Waals surface area contributed by atoms with Crippen LogP contribution in [0.2, 0.25) is 0 Å². The van der Waals surface area contributed by atoms with Crippen molar-refractivity contribution in [3.63, 3.8) is 0 Å². The molecular formula is C23H24N4O2. The van der Waals surface area contributed by atoms with E-state index in [1.54, 1.807) is 12.4 Å². The summed E-state index contributed by atoms with van der Waals surface area (Å²) in [5.74, 6) is 0.0305. The highest BCUT2D eigenvalue weighted by molar-refractivity contribution is 6.06. The molecule has 1 amide bonds. The quantitative estimate of drug-likeness (QED) is 0.738. The van der Waals surface area contributed by atoms with Gasteiger partial charge >= 0.3 is 0 Å². The summed E-state index contributed by atoms with van der Waals surface area (Å²) in [4.78, 5) is 24.6. The smallest absolute Gasteiger partial charge is 0.251 e. The molecule has 0 radical (unpaired) electrons. The maximum absolute atomic E-state index is 12.9. The Morgan fingerprint density at radius 1 is 1.10 bits per heavy atom. The Morgan fingerprint density at radius 2 is 1.86 bits per heavy atom. The van der Waals surface area contributed by atoms with Crippen LogP contribution < -0.4 is 9.80 Å². The minimum atomic E-state index is -0.0772. The third-order valence-corrected chi connectivity index (χ3v) is 5.83. The largest absolute Gasteiger partial charge is 0.378 e. The summed E-state index contributed by atoms with van der Waals surface area (Å²) >= 11 is 0. The number of imidazole rings is 1. The van der Waals surface area contributed by atoms with Crippen molar-refractivity contribution in [2.24, 2.45) is 0 Å². The third-order valence-electron chi connectivity index (χ3n) is 5.83. The Bertz CT molecular complexity index is 1060. The number of carbonyl (C=O) groups is 1. The average molecular weight is 388 g/mol. The highest BCUT2D eigenvalue weighted by Crippen LogP contribution is 2.40. The van der Waals surface area contributed by atoms with E-state index in [0.29, 0.717) is 0 Å². The van der Waals surface area contributed by atoms with Gasteiger partial charge in [0.2, 0.25) is 0 Å². The Hall–Kier alpha value is -3.12. The maximum atomic E-state index is 12.9. The van der Waals surface area contributed by atoms with Crippen molar-refractivity contribution < 1.29 is 9.53 Å². The summed E-state index contributed by atoms with van der Waals surface area (Å²) in [6.45, 7) is 5.47. The molecule has 1 unspecified atom stereocenters. The molecule has 1 saturated heterocycles. The number of aromatic nitrogens is 2. The van der Waals surface area contributed by atoms with Crippen molar-refractivity contribution in [3.05, 3.63) is 66.0 Å². The zero-order chi connectivity index (χ0) is 19.8. The van der Waals surface area contributed by atoms with Gasteiger partial charge in [0.05, 0.1) is 36.6 Å². The Labute approximate surface area is 169 Å². The molecular weight excluding hydrogens is 364 g/mol. The minimum absolute atomic E-state index is 0.0305. The van der Waals surface area contributed by atoms with Crippen molar-refractivity contribution in [1.82, 2.24) is 9.97 Å². The number of hydrogen-bond donors (Lipinski definition) is 1. The Morgan fingerprint density at radius 3 is 2.62 bits per heavy atom. The normalized spacial score (nSPS) is 19.8. The van der Waals surface area contributed by atoms with Gasteiger partial charge in [-0.3, -0.25) is 9.69 Å². The van der Waals surface area contributed by atoms with Gasteiger partial charge in [-0.2, -0.15) is 0 Å². The van der Waals surface area contributed by atoms with Crippen LogP contribution in [-0.4, -0.2) is 42.2 Å². The molecule has 6 nitrogen and oxygen atoms in total. The van der Waals surface area contributed by atoms with Gasteiger partial charge in [0.1, 0.15) is 0 Å². The van der Waals surface area contributed by atoms with Crippen molar-refractivity contribution in [2.45, 2.75) is 19.4 Å². The first-order valence-electron chi connectivity index (χ1n) is 10.1. The molecule has 1 aromatic heterocycles. The number of morpholine rings is 1. The molecule has 5 rings (SSSR count). The first-order valence-corrected chi connectivity index (χ1v) is 10.1. The van der Waals surface area contributed by atoms with Crippen LogP contribution in [0, 0.1) is 0 Å². The summed E-state index contributed by atoms with van der Waals surface area (Å²) in [5.41, 5.74) is 6.18. The fourth-order valence-electron chi connectivity index (χ4n) is 4.30. The van der Waals surface area contributed by atoms with Gasteiger partial charge in [0.15, 0.2) is 0 Å². The first-order chi connectivity index (χ1) is 14.2. The third kappa shape index (κ3) is 3.19. The van der Waals surface area contributed by atoms with E-state index in [2.05, 4.69) is 46.1 Å². The lowest BCUT2D eigenvalue weighted by Gasteiger charge is -2.30. The fraction of sp³-hybridized carbons (Fsp3) is 0.304. The number of H-pyrrole nitrogens is 1. The van der Waals surface area contributed by atoms with E-state index in [9.17, 15) is 4.79 Å². The molecule has 0 spiro atoms. The molecule has 6 heteroatoms. The molecule has 29 heavy (non-hydrogen) atoms. The van der Waals surface area contributed by atoms with Gasteiger partial charge in [0.25, 0.3) is 5.91 Å². The number of benzene rings is 2. The fourth-order valence-corrected chi connectivity index (χ4v) is 4.30. The number of fused-ring (bicyclic) bond motifs is 1. The SMILES string of the molecule is CCC1=CC(=O)N(c2ccc3nc[nH]c3c2)C1c1ccc(N2CCOCC2)cc1. The Kier molecular flexibility index (Phi) is 4.56. The molecule has 0 saturated carbocycles. The van der Waals surface area contributed by atoms with Gasteiger partial charge in [0, 0.05) is 30.5 Å². The second-order valence-electron chi connectivity index (χ2n) is 7.48. The van der Waals surface area contributed by atoms with Crippen molar-refractivity contribution in [1.29, 1.82) is 0 Å². The molecule has 0 aliphatic carbocycles. The highest BCUT2D eigenvalue weighted by atomic mass is 16.5. The number of nitrogens with zero attached hydrogens (tertiary/aromatic N) is 3. The molecule has 1 fully saturated rings. The van der Waals surface area contributed by atoms with Crippen molar-refractivity contribution in [2.75, 3.05) is 36.1 Å². The summed E-state index contributed by atoms with van der Waals surface area (Å²) in [5, 5.41) is 0. The van der Waals surface area contributed by atoms with Crippen LogP contribution in [0.4, 0.5) is 11.4 Å². The summed E-state index contributed by atoms with van der Waals surface area (Å²) in [7, 11) is 0. The molecule has 3 heterocycles. The number of anilines is 2. The predicted octanol–water partition coefficient (Wildman–Crippen LogP) is 3.82. The van der Waals surface area contributed by atoms with Crippen LogP contribution in [0.25, 0.3) is 11.0 Å². The number of nitrogens with one attached hydrogen (secondary N) is 1. The number of hydrogen-bond acceptors (Lipinski definition) is 4. The van der Waals surface area contributed by atoms with E-state index < -0.39 is 0 Å². The molecule has 3 aromatic rings. The van der Waals surface area contributed by atoms with Crippen LogP contribution in [0.5, 0.6) is 0 Å². The molecule has 2 aromatic carbocycles. The van der Waals surface area contributed by atoms with Gasteiger partial charge in [-0.25, -0.2) is 4.98 Å². The first kappa shape index (κ1) is 17.9. The molecule has 1 N–H and O–H groups in total. The zero-order valence-corrected chi connectivity index (χ0v) is 16.5. The van der Waals surface area contributed by atoms with Gasteiger partial charge < -0.3 is 14.6 Å². The second-order valence-corrected chi connectivity index (χ2v) is 7.48. The van der Waals surface area contributed by atoms with Crippen LogP contribution in [0.15, 0.2) is 60.4 Å².